The highest BCUT2D eigenvalue weighted by molar-refractivity contribution is 4.94. The SMILES string of the molecule is CCC1CCNC(C(C)(O)CC2CCC2)C1. The van der Waals surface area contributed by atoms with E-state index in [9.17, 15) is 5.11 Å². The largest absolute Gasteiger partial charge is 0.389 e. The quantitative estimate of drug-likeness (QED) is 0.771. The highest BCUT2D eigenvalue weighted by Crippen LogP contribution is 2.37. The molecule has 0 aromatic heterocycles. The fourth-order valence-electron chi connectivity index (χ4n) is 3.26. The van der Waals surface area contributed by atoms with Crippen LogP contribution in [0.1, 0.15) is 58.8 Å². The van der Waals surface area contributed by atoms with Crippen molar-refractivity contribution in [2.24, 2.45) is 11.8 Å². The minimum absolute atomic E-state index is 0.326. The van der Waals surface area contributed by atoms with E-state index in [0.29, 0.717) is 6.04 Å². The second-order valence-corrected chi connectivity index (χ2v) is 6.16. The molecule has 2 rings (SSSR count). The minimum Gasteiger partial charge on any atom is -0.389 e. The van der Waals surface area contributed by atoms with Gasteiger partial charge in [0.1, 0.15) is 0 Å². The molecule has 2 nitrogen and oxygen atoms in total. The summed E-state index contributed by atoms with van der Waals surface area (Å²) in [4.78, 5) is 0. The van der Waals surface area contributed by atoms with Crippen LogP contribution in [0.25, 0.3) is 0 Å². The van der Waals surface area contributed by atoms with Gasteiger partial charge in [-0.1, -0.05) is 32.6 Å². The van der Waals surface area contributed by atoms with Gasteiger partial charge < -0.3 is 10.4 Å². The van der Waals surface area contributed by atoms with E-state index in [-0.39, 0.29) is 0 Å². The topological polar surface area (TPSA) is 32.3 Å². The molecule has 0 radical (unpaired) electrons. The standard InChI is InChI=1S/C14H27NO/c1-3-11-7-8-15-13(9-11)14(2,16)10-12-5-4-6-12/h11-13,15-16H,3-10H2,1-2H3. The number of rotatable bonds is 4. The first-order chi connectivity index (χ1) is 7.62. The average molecular weight is 225 g/mol. The third kappa shape index (κ3) is 2.78. The summed E-state index contributed by atoms with van der Waals surface area (Å²) >= 11 is 0. The van der Waals surface area contributed by atoms with Crippen LogP contribution in [0.15, 0.2) is 0 Å². The lowest BCUT2D eigenvalue weighted by Crippen LogP contribution is -2.53. The van der Waals surface area contributed by atoms with Crippen molar-refractivity contribution in [3.8, 4) is 0 Å². The van der Waals surface area contributed by atoms with E-state index in [1.165, 1.54) is 32.1 Å². The Hall–Kier alpha value is -0.0800. The van der Waals surface area contributed by atoms with Crippen molar-refractivity contribution in [3.05, 3.63) is 0 Å². The fraction of sp³-hybridized carbons (Fsp3) is 1.00. The zero-order valence-electron chi connectivity index (χ0n) is 10.8. The Morgan fingerprint density at radius 3 is 2.56 bits per heavy atom. The van der Waals surface area contributed by atoms with Gasteiger partial charge in [0.25, 0.3) is 0 Å². The summed E-state index contributed by atoms with van der Waals surface area (Å²) in [6.45, 7) is 5.40. The number of piperidine rings is 1. The van der Waals surface area contributed by atoms with Crippen LogP contribution in [-0.2, 0) is 0 Å². The summed E-state index contributed by atoms with van der Waals surface area (Å²) in [5, 5.41) is 14.2. The van der Waals surface area contributed by atoms with Crippen LogP contribution in [0.2, 0.25) is 0 Å². The van der Waals surface area contributed by atoms with Gasteiger partial charge in [0.05, 0.1) is 5.60 Å². The van der Waals surface area contributed by atoms with Crippen LogP contribution in [0.5, 0.6) is 0 Å². The highest BCUT2D eigenvalue weighted by atomic mass is 16.3. The van der Waals surface area contributed by atoms with Crippen molar-refractivity contribution < 1.29 is 5.11 Å². The second-order valence-electron chi connectivity index (χ2n) is 6.16. The maximum Gasteiger partial charge on any atom is 0.0774 e. The lowest BCUT2D eigenvalue weighted by atomic mass is 9.73. The molecule has 1 aliphatic heterocycles. The van der Waals surface area contributed by atoms with Crippen molar-refractivity contribution in [2.45, 2.75) is 70.4 Å². The van der Waals surface area contributed by atoms with E-state index in [0.717, 1.165) is 31.2 Å². The Kier molecular flexibility index (Phi) is 3.91. The molecule has 0 aromatic carbocycles. The molecule has 1 saturated heterocycles. The maximum atomic E-state index is 10.6. The maximum absolute atomic E-state index is 10.6. The number of hydrogen-bond donors (Lipinski definition) is 2. The van der Waals surface area contributed by atoms with Crippen LogP contribution < -0.4 is 5.32 Å². The van der Waals surface area contributed by atoms with E-state index >= 15 is 0 Å². The van der Waals surface area contributed by atoms with Gasteiger partial charge >= 0.3 is 0 Å². The molecule has 94 valence electrons. The van der Waals surface area contributed by atoms with Crippen molar-refractivity contribution in [2.75, 3.05) is 6.54 Å². The first-order valence-corrected chi connectivity index (χ1v) is 7.07. The van der Waals surface area contributed by atoms with Crippen molar-refractivity contribution >= 4 is 0 Å². The molecule has 1 aliphatic carbocycles. The molecule has 1 saturated carbocycles. The Balaban J connectivity index is 1.87. The van der Waals surface area contributed by atoms with Gasteiger partial charge in [0.2, 0.25) is 0 Å². The zero-order valence-corrected chi connectivity index (χ0v) is 10.8. The Morgan fingerprint density at radius 2 is 2.00 bits per heavy atom. The molecule has 3 unspecified atom stereocenters. The molecule has 0 spiro atoms. The molecule has 0 bridgehead atoms. The van der Waals surface area contributed by atoms with E-state index in [4.69, 9.17) is 0 Å². The van der Waals surface area contributed by atoms with Crippen molar-refractivity contribution in [3.63, 3.8) is 0 Å². The number of aliphatic hydroxyl groups is 1. The molecule has 0 amide bonds. The van der Waals surface area contributed by atoms with Gasteiger partial charge in [-0.15, -0.1) is 0 Å². The highest BCUT2D eigenvalue weighted by Gasteiger charge is 2.38. The third-order valence-electron chi connectivity index (χ3n) is 4.77. The Labute approximate surface area is 99.8 Å². The van der Waals surface area contributed by atoms with Crippen LogP contribution in [0, 0.1) is 11.8 Å². The summed E-state index contributed by atoms with van der Waals surface area (Å²) in [5.74, 6) is 1.61. The van der Waals surface area contributed by atoms with Gasteiger partial charge in [-0.2, -0.15) is 0 Å². The van der Waals surface area contributed by atoms with Crippen molar-refractivity contribution in [1.82, 2.24) is 5.32 Å². The predicted molar refractivity (Wildman–Crippen MR) is 67.4 cm³/mol. The first-order valence-electron chi connectivity index (χ1n) is 7.07. The zero-order chi connectivity index (χ0) is 11.6. The van der Waals surface area contributed by atoms with Gasteiger partial charge in [-0.05, 0) is 44.6 Å². The minimum atomic E-state index is -0.487. The molecule has 3 atom stereocenters. The summed E-state index contributed by atoms with van der Waals surface area (Å²) in [5.41, 5.74) is -0.487. The molecular formula is C14H27NO. The van der Waals surface area contributed by atoms with Crippen LogP contribution in [-0.4, -0.2) is 23.3 Å². The van der Waals surface area contributed by atoms with Gasteiger partial charge in [-0.3, -0.25) is 0 Å². The summed E-state index contributed by atoms with van der Waals surface area (Å²) in [6, 6.07) is 0.326. The third-order valence-corrected chi connectivity index (χ3v) is 4.77. The lowest BCUT2D eigenvalue weighted by molar-refractivity contribution is -0.0277. The van der Waals surface area contributed by atoms with Gasteiger partial charge in [-0.25, -0.2) is 0 Å². The average Bonchev–Trinajstić information content (AvgIpc) is 2.24. The molecule has 16 heavy (non-hydrogen) atoms. The molecule has 2 fully saturated rings. The molecule has 1 heterocycles. The van der Waals surface area contributed by atoms with E-state index in [1.807, 2.05) is 6.92 Å². The number of nitrogens with one attached hydrogen (secondary N) is 1. The fourth-order valence-corrected chi connectivity index (χ4v) is 3.26. The normalized spacial score (nSPS) is 35.4. The van der Waals surface area contributed by atoms with Gasteiger partial charge in [0, 0.05) is 6.04 Å². The molecule has 0 aromatic rings. The van der Waals surface area contributed by atoms with Crippen LogP contribution >= 0.6 is 0 Å². The van der Waals surface area contributed by atoms with E-state index in [1.54, 1.807) is 0 Å². The van der Waals surface area contributed by atoms with E-state index < -0.39 is 5.60 Å². The smallest absolute Gasteiger partial charge is 0.0774 e. The first kappa shape index (κ1) is 12.4. The summed E-state index contributed by atoms with van der Waals surface area (Å²) < 4.78 is 0. The van der Waals surface area contributed by atoms with Crippen LogP contribution in [0.4, 0.5) is 0 Å². The van der Waals surface area contributed by atoms with Crippen molar-refractivity contribution in [1.29, 1.82) is 0 Å². The van der Waals surface area contributed by atoms with Gasteiger partial charge in [0.15, 0.2) is 0 Å². The summed E-state index contributed by atoms with van der Waals surface area (Å²) in [6.07, 6.45) is 8.75. The lowest BCUT2D eigenvalue weighted by Gasteiger charge is -2.42. The monoisotopic (exact) mass is 225 g/mol. The molecule has 2 heteroatoms. The summed E-state index contributed by atoms with van der Waals surface area (Å²) in [7, 11) is 0. The molecule has 2 N–H and O–H groups in total. The number of hydrogen-bond acceptors (Lipinski definition) is 2. The predicted octanol–water partition coefficient (Wildman–Crippen LogP) is 2.71. The van der Waals surface area contributed by atoms with Crippen LogP contribution in [0.3, 0.4) is 0 Å². The second kappa shape index (κ2) is 5.05. The Morgan fingerprint density at radius 1 is 1.25 bits per heavy atom. The Bertz CT molecular complexity index is 223. The molecular weight excluding hydrogens is 198 g/mol. The van der Waals surface area contributed by atoms with E-state index in [2.05, 4.69) is 12.2 Å². The molecule has 2 aliphatic rings.